The van der Waals surface area contributed by atoms with Crippen molar-refractivity contribution in [3.63, 3.8) is 0 Å². The van der Waals surface area contributed by atoms with Crippen LogP contribution in [0.15, 0.2) is 5.16 Å². The molecule has 0 aromatic carbocycles. The SMILES string of the molecule is CCC1CCN(C(=O)C2(C(N)=NO)CC(C)C2)CC1. The molecule has 1 saturated heterocycles. The molecule has 0 aromatic heterocycles. The van der Waals surface area contributed by atoms with Crippen molar-refractivity contribution in [1.29, 1.82) is 0 Å². The Labute approximate surface area is 114 Å². The molecule has 1 aliphatic carbocycles. The van der Waals surface area contributed by atoms with Crippen molar-refractivity contribution in [3.8, 4) is 0 Å². The molecule has 1 aliphatic heterocycles. The van der Waals surface area contributed by atoms with E-state index in [1.165, 1.54) is 6.42 Å². The third kappa shape index (κ3) is 2.42. The van der Waals surface area contributed by atoms with Gasteiger partial charge in [0.05, 0.1) is 0 Å². The van der Waals surface area contributed by atoms with Gasteiger partial charge in [0, 0.05) is 13.1 Å². The summed E-state index contributed by atoms with van der Waals surface area (Å²) < 4.78 is 0. The lowest BCUT2D eigenvalue weighted by molar-refractivity contribution is -0.145. The highest BCUT2D eigenvalue weighted by atomic mass is 16.4. The topological polar surface area (TPSA) is 78.9 Å². The summed E-state index contributed by atoms with van der Waals surface area (Å²) in [5, 5.41) is 12.1. The molecule has 0 aromatic rings. The van der Waals surface area contributed by atoms with E-state index in [-0.39, 0.29) is 11.7 Å². The van der Waals surface area contributed by atoms with E-state index in [1.807, 2.05) is 4.90 Å². The number of nitrogens with two attached hydrogens (primary N) is 1. The smallest absolute Gasteiger partial charge is 0.236 e. The Morgan fingerprint density at radius 1 is 1.42 bits per heavy atom. The highest BCUT2D eigenvalue weighted by Crippen LogP contribution is 2.47. The van der Waals surface area contributed by atoms with Gasteiger partial charge in [-0.1, -0.05) is 25.4 Å². The van der Waals surface area contributed by atoms with Crippen LogP contribution in [-0.2, 0) is 4.79 Å². The molecule has 19 heavy (non-hydrogen) atoms. The number of amides is 1. The average Bonchev–Trinajstić information content (AvgIpc) is 2.42. The maximum Gasteiger partial charge on any atom is 0.236 e. The first-order chi connectivity index (χ1) is 9.03. The Bertz CT molecular complexity index is 367. The summed E-state index contributed by atoms with van der Waals surface area (Å²) in [5.41, 5.74) is 5.06. The molecule has 1 saturated carbocycles. The molecule has 0 unspecified atom stereocenters. The molecule has 108 valence electrons. The summed E-state index contributed by atoms with van der Waals surface area (Å²) in [4.78, 5) is 14.6. The second-order valence-corrected chi connectivity index (χ2v) is 6.22. The van der Waals surface area contributed by atoms with Crippen molar-refractivity contribution in [2.24, 2.45) is 28.1 Å². The lowest BCUT2D eigenvalue weighted by Crippen LogP contribution is -2.58. The molecule has 0 bridgehead atoms. The number of carbonyl (C=O) groups is 1. The lowest BCUT2D eigenvalue weighted by Gasteiger charge is -2.47. The van der Waals surface area contributed by atoms with Crippen LogP contribution in [0.25, 0.3) is 0 Å². The third-order valence-electron chi connectivity index (χ3n) is 4.88. The second kappa shape index (κ2) is 5.39. The van der Waals surface area contributed by atoms with E-state index in [4.69, 9.17) is 10.9 Å². The first-order valence-corrected chi connectivity index (χ1v) is 7.31. The van der Waals surface area contributed by atoms with Gasteiger partial charge in [0.1, 0.15) is 5.41 Å². The zero-order chi connectivity index (χ0) is 14.0. The van der Waals surface area contributed by atoms with Gasteiger partial charge in [-0.3, -0.25) is 4.79 Å². The van der Waals surface area contributed by atoms with Gasteiger partial charge in [-0.25, -0.2) is 0 Å². The van der Waals surface area contributed by atoms with Crippen molar-refractivity contribution in [2.75, 3.05) is 13.1 Å². The highest BCUT2D eigenvalue weighted by Gasteiger charge is 2.53. The fourth-order valence-electron chi connectivity index (χ4n) is 3.57. The van der Waals surface area contributed by atoms with Crippen LogP contribution >= 0.6 is 0 Å². The lowest BCUT2D eigenvalue weighted by atomic mass is 9.61. The highest BCUT2D eigenvalue weighted by molar-refractivity contribution is 6.07. The minimum atomic E-state index is -0.729. The molecule has 5 heteroatoms. The fraction of sp³-hybridized carbons (Fsp3) is 0.857. The summed E-state index contributed by atoms with van der Waals surface area (Å²) in [6.07, 6.45) is 4.74. The molecule has 1 heterocycles. The molecule has 5 nitrogen and oxygen atoms in total. The van der Waals surface area contributed by atoms with E-state index in [0.29, 0.717) is 18.8 Å². The first kappa shape index (κ1) is 14.2. The van der Waals surface area contributed by atoms with Crippen LogP contribution in [0.5, 0.6) is 0 Å². The van der Waals surface area contributed by atoms with Gasteiger partial charge in [-0.15, -0.1) is 0 Å². The second-order valence-electron chi connectivity index (χ2n) is 6.22. The van der Waals surface area contributed by atoms with Gasteiger partial charge >= 0.3 is 0 Å². The number of hydrogen-bond acceptors (Lipinski definition) is 3. The Balaban J connectivity index is 2.06. The zero-order valence-corrected chi connectivity index (χ0v) is 11.9. The minimum absolute atomic E-state index is 0.0652. The Kier molecular flexibility index (Phi) is 4.02. The van der Waals surface area contributed by atoms with E-state index in [9.17, 15) is 4.79 Å². The van der Waals surface area contributed by atoms with Crippen LogP contribution in [0.1, 0.15) is 46.0 Å². The molecular weight excluding hydrogens is 242 g/mol. The van der Waals surface area contributed by atoms with Gasteiger partial charge in [-0.05, 0) is 37.5 Å². The standard InChI is InChI=1S/C14H25N3O2/c1-3-11-4-6-17(7-5-11)13(18)14(12(15)16-19)8-10(2)9-14/h10-11,19H,3-9H2,1-2H3,(H2,15,16). The fourth-order valence-corrected chi connectivity index (χ4v) is 3.57. The van der Waals surface area contributed by atoms with Crippen LogP contribution in [-0.4, -0.2) is 34.9 Å². The summed E-state index contributed by atoms with van der Waals surface area (Å²) in [6.45, 7) is 5.92. The number of piperidine rings is 1. The van der Waals surface area contributed by atoms with Gasteiger partial charge in [0.15, 0.2) is 5.84 Å². The molecule has 1 amide bonds. The summed E-state index contributed by atoms with van der Waals surface area (Å²) in [6, 6.07) is 0. The van der Waals surface area contributed by atoms with Crippen LogP contribution < -0.4 is 5.73 Å². The van der Waals surface area contributed by atoms with Crippen molar-refractivity contribution in [2.45, 2.75) is 46.0 Å². The number of carbonyl (C=O) groups excluding carboxylic acids is 1. The Hall–Kier alpha value is -1.26. The third-order valence-corrected chi connectivity index (χ3v) is 4.88. The van der Waals surface area contributed by atoms with Gasteiger partial charge in [0.2, 0.25) is 5.91 Å². The number of oxime groups is 1. The molecular formula is C14H25N3O2. The minimum Gasteiger partial charge on any atom is -0.409 e. The number of likely N-dealkylation sites (tertiary alicyclic amines) is 1. The summed E-state index contributed by atoms with van der Waals surface area (Å²) in [5.74, 6) is 1.37. The maximum absolute atomic E-state index is 12.7. The predicted octanol–water partition coefficient (Wildman–Crippen LogP) is 1.80. The average molecular weight is 267 g/mol. The molecule has 0 spiro atoms. The number of hydrogen-bond donors (Lipinski definition) is 2. The molecule has 3 N–H and O–H groups in total. The molecule has 0 radical (unpaired) electrons. The maximum atomic E-state index is 12.7. The monoisotopic (exact) mass is 267 g/mol. The van der Waals surface area contributed by atoms with E-state index in [2.05, 4.69) is 19.0 Å². The predicted molar refractivity (Wildman–Crippen MR) is 73.8 cm³/mol. The largest absolute Gasteiger partial charge is 0.409 e. The number of rotatable bonds is 3. The van der Waals surface area contributed by atoms with E-state index >= 15 is 0 Å². The van der Waals surface area contributed by atoms with Gasteiger partial charge in [0.25, 0.3) is 0 Å². The van der Waals surface area contributed by atoms with E-state index < -0.39 is 5.41 Å². The van der Waals surface area contributed by atoms with Crippen molar-refractivity contribution in [3.05, 3.63) is 0 Å². The van der Waals surface area contributed by atoms with Gasteiger partial charge in [-0.2, -0.15) is 0 Å². The normalized spacial score (nSPS) is 33.1. The molecule has 2 rings (SSSR count). The quantitative estimate of drug-likeness (QED) is 0.354. The molecule has 0 atom stereocenters. The van der Waals surface area contributed by atoms with Crippen LogP contribution in [0, 0.1) is 17.3 Å². The zero-order valence-electron chi connectivity index (χ0n) is 11.9. The van der Waals surface area contributed by atoms with E-state index in [1.54, 1.807) is 0 Å². The van der Waals surface area contributed by atoms with Crippen molar-refractivity contribution >= 4 is 11.7 Å². The Morgan fingerprint density at radius 2 is 2.00 bits per heavy atom. The van der Waals surface area contributed by atoms with Crippen molar-refractivity contribution in [1.82, 2.24) is 4.90 Å². The molecule has 2 aliphatic rings. The summed E-state index contributed by atoms with van der Waals surface area (Å²) >= 11 is 0. The molecule has 2 fully saturated rings. The number of amidine groups is 1. The summed E-state index contributed by atoms with van der Waals surface area (Å²) in [7, 11) is 0. The van der Waals surface area contributed by atoms with E-state index in [0.717, 1.165) is 31.8 Å². The van der Waals surface area contributed by atoms with Crippen LogP contribution in [0.3, 0.4) is 0 Å². The van der Waals surface area contributed by atoms with Crippen LogP contribution in [0.2, 0.25) is 0 Å². The Morgan fingerprint density at radius 3 is 2.42 bits per heavy atom. The van der Waals surface area contributed by atoms with Crippen LogP contribution in [0.4, 0.5) is 0 Å². The van der Waals surface area contributed by atoms with Crippen molar-refractivity contribution < 1.29 is 10.0 Å². The number of nitrogens with zero attached hydrogens (tertiary/aromatic N) is 2. The van der Waals surface area contributed by atoms with Gasteiger partial charge < -0.3 is 15.8 Å². The first-order valence-electron chi connectivity index (χ1n) is 7.31.